The molecule has 31 heavy (non-hydrogen) atoms. The number of rotatable bonds is 1. The average molecular weight is 435 g/mol. The van der Waals surface area contributed by atoms with E-state index < -0.39 is 12.5 Å². The van der Waals surface area contributed by atoms with E-state index in [1.807, 2.05) is 19.9 Å². The number of aromatic amines is 1. The maximum absolute atomic E-state index is 13.4. The molecule has 3 N–H and O–H groups in total. The van der Waals surface area contributed by atoms with Crippen molar-refractivity contribution in [2.75, 3.05) is 5.32 Å². The number of fused-ring (bicyclic) bond motifs is 7. The molecule has 1 amide bonds. The number of ether oxygens (including phenoxy) is 2. The quantitative estimate of drug-likeness (QED) is 0.595. The molecule has 8 nitrogen and oxygen atoms in total. The van der Waals surface area contributed by atoms with E-state index in [0.717, 1.165) is 18.5 Å². The number of amides is 1. The number of nitrogens with one attached hydrogen (secondary N) is 3. The van der Waals surface area contributed by atoms with Gasteiger partial charge in [-0.15, -0.1) is 0 Å². The predicted molar refractivity (Wildman–Crippen MR) is 110 cm³/mol. The van der Waals surface area contributed by atoms with E-state index in [4.69, 9.17) is 9.47 Å². The first-order valence-electron chi connectivity index (χ1n) is 10.6. The molecule has 1 saturated carbocycles. The van der Waals surface area contributed by atoms with Gasteiger partial charge in [-0.05, 0) is 52.0 Å². The number of aromatic nitrogens is 3. The summed E-state index contributed by atoms with van der Waals surface area (Å²) in [5.41, 5.74) is 0.977. The van der Waals surface area contributed by atoms with Gasteiger partial charge in [0.1, 0.15) is 11.8 Å². The minimum atomic E-state index is -2.72. The second kappa shape index (κ2) is 9.07. The number of hydrogen-bond acceptors (Lipinski definition) is 6. The maximum atomic E-state index is 13.4. The molecule has 0 aromatic carbocycles. The molecule has 4 atom stereocenters. The number of hydrogen-bond donors (Lipinski definition) is 3. The summed E-state index contributed by atoms with van der Waals surface area (Å²) in [6.45, 7) is 3.74. The summed E-state index contributed by atoms with van der Waals surface area (Å²) in [5, 5.41) is 13.2. The average Bonchev–Trinajstić information content (AvgIpc) is 3.35. The minimum Gasteiger partial charge on any atom is -0.475 e. The summed E-state index contributed by atoms with van der Waals surface area (Å²) in [4.78, 5) is 16.2. The molecular weight excluding hydrogens is 408 g/mol. The highest BCUT2D eigenvalue weighted by Gasteiger charge is 2.30. The molecule has 1 aliphatic carbocycles. The zero-order valence-electron chi connectivity index (χ0n) is 17.5. The Labute approximate surface area is 179 Å². The molecule has 2 aromatic heterocycles. The van der Waals surface area contributed by atoms with E-state index in [2.05, 4.69) is 25.8 Å². The SMILES string of the molecule is C[C@H]1CC[C@H](C)Oc2cc(cc(C(F)F)n2)Nc2cc([nH]n2)[C@H]2CC[C@H](C2)OC(=O)N1. The Bertz CT molecular complexity index is 922. The summed E-state index contributed by atoms with van der Waals surface area (Å²) < 4.78 is 38.1. The monoisotopic (exact) mass is 435 g/mol. The third-order valence-corrected chi connectivity index (χ3v) is 5.71. The third-order valence-electron chi connectivity index (χ3n) is 5.71. The van der Waals surface area contributed by atoms with Crippen LogP contribution in [0.25, 0.3) is 0 Å². The summed E-state index contributed by atoms with van der Waals surface area (Å²) in [7, 11) is 0. The van der Waals surface area contributed by atoms with E-state index in [-0.39, 0.29) is 35.7 Å². The number of pyridine rings is 1. The highest BCUT2D eigenvalue weighted by molar-refractivity contribution is 5.67. The van der Waals surface area contributed by atoms with Crippen molar-refractivity contribution in [1.82, 2.24) is 20.5 Å². The van der Waals surface area contributed by atoms with Gasteiger partial charge >= 0.3 is 6.09 Å². The lowest BCUT2D eigenvalue weighted by atomic mass is 10.0. The molecule has 1 fully saturated rings. The molecule has 4 rings (SSSR count). The van der Waals surface area contributed by atoms with Crippen LogP contribution in [0.15, 0.2) is 18.2 Å². The first-order chi connectivity index (χ1) is 14.9. The fourth-order valence-electron chi connectivity index (χ4n) is 4.07. The van der Waals surface area contributed by atoms with Gasteiger partial charge in [0.15, 0.2) is 5.82 Å². The Morgan fingerprint density at radius 3 is 2.74 bits per heavy atom. The van der Waals surface area contributed by atoms with Gasteiger partial charge in [0.25, 0.3) is 6.43 Å². The molecular formula is C21H27F2N5O3. The highest BCUT2D eigenvalue weighted by Crippen LogP contribution is 2.36. The molecule has 2 aromatic rings. The Hall–Kier alpha value is -2.91. The van der Waals surface area contributed by atoms with E-state index in [9.17, 15) is 13.6 Å². The van der Waals surface area contributed by atoms with Gasteiger partial charge in [-0.1, -0.05) is 0 Å². The summed E-state index contributed by atoms with van der Waals surface area (Å²) >= 11 is 0. The first kappa shape index (κ1) is 21.3. The van der Waals surface area contributed by atoms with Crippen molar-refractivity contribution in [1.29, 1.82) is 0 Å². The number of anilines is 2. The van der Waals surface area contributed by atoms with E-state index in [1.165, 1.54) is 6.07 Å². The maximum Gasteiger partial charge on any atom is 0.407 e. The van der Waals surface area contributed by atoms with Crippen molar-refractivity contribution < 1.29 is 23.0 Å². The number of alkyl halides is 2. The van der Waals surface area contributed by atoms with Gasteiger partial charge in [0.05, 0.1) is 6.10 Å². The van der Waals surface area contributed by atoms with Crippen LogP contribution in [0, 0.1) is 0 Å². The highest BCUT2D eigenvalue weighted by atomic mass is 19.3. The zero-order chi connectivity index (χ0) is 22.0. The lowest BCUT2D eigenvalue weighted by Crippen LogP contribution is -2.35. The first-order valence-corrected chi connectivity index (χ1v) is 10.6. The van der Waals surface area contributed by atoms with Gasteiger partial charge in [0, 0.05) is 35.5 Å². The molecule has 168 valence electrons. The van der Waals surface area contributed by atoms with Gasteiger partial charge in [-0.2, -0.15) is 5.10 Å². The van der Waals surface area contributed by atoms with Gasteiger partial charge in [-0.25, -0.2) is 18.6 Å². The number of nitrogens with zero attached hydrogens (tertiary/aromatic N) is 2. The molecule has 1 aliphatic heterocycles. The molecule has 3 heterocycles. The molecule has 0 saturated heterocycles. The van der Waals surface area contributed by atoms with Gasteiger partial charge in [-0.3, -0.25) is 5.10 Å². The topological polar surface area (TPSA) is 101 Å². The van der Waals surface area contributed by atoms with Crippen LogP contribution in [-0.2, 0) is 4.74 Å². The molecule has 0 radical (unpaired) electrons. The smallest absolute Gasteiger partial charge is 0.407 e. The second-order valence-electron chi connectivity index (χ2n) is 8.34. The zero-order valence-corrected chi connectivity index (χ0v) is 17.5. The predicted octanol–water partition coefficient (Wildman–Crippen LogP) is 4.80. The number of H-pyrrole nitrogens is 1. The summed E-state index contributed by atoms with van der Waals surface area (Å²) in [5.74, 6) is 0.812. The number of halogens is 2. The fourth-order valence-corrected chi connectivity index (χ4v) is 4.07. The van der Waals surface area contributed by atoms with Crippen LogP contribution in [0.5, 0.6) is 5.88 Å². The molecule has 2 aliphatic rings. The Balaban J connectivity index is 1.61. The van der Waals surface area contributed by atoms with E-state index in [0.29, 0.717) is 30.8 Å². The Morgan fingerprint density at radius 1 is 1.10 bits per heavy atom. The van der Waals surface area contributed by atoms with Crippen LogP contribution in [0.4, 0.5) is 25.1 Å². The number of carbonyl (C=O) groups is 1. The second-order valence-corrected chi connectivity index (χ2v) is 8.34. The van der Waals surface area contributed by atoms with Crippen LogP contribution < -0.4 is 15.4 Å². The van der Waals surface area contributed by atoms with Crippen molar-refractivity contribution in [2.45, 2.75) is 76.5 Å². The summed E-state index contributed by atoms with van der Waals surface area (Å²) in [6.07, 6.45) is 0.0573. The normalized spacial score (nSPS) is 26.8. The standard InChI is InChI=1S/C21H27F2N5O3/c1-11-3-4-12(2)30-19-9-14(8-17(26-19)20(22)23)25-18-10-16(27-28-18)13-5-6-15(7-13)31-21(29)24-11/h8-13,15,20H,3-7H2,1-2H3,(H,24,29)(H2,25,27,28)/t11-,12-,13-,15+/m0/s1. The lowest BCUT2D eigenvalue weighted by Gasteiger charge is -2.20. The van der Waals surface area contributed by atoms with Crippen molar-refractivity contribution in [3.63, 3.8) is 0 Å². The van der Waals surface area contributed by atoms with Crippen molar-refractivity contribution in [2.24, 2.45) is 0 Å². The molecule has 10 heteroatoms. The van der Waals surface area contributed by atoms with Crippen LogP contribution >= 0.6 is 0 Å². The van der Waals surface area contributed by atoms with Gasteiger partial charge in [0.2, 0.25) is 5.88 Å². The number of alkyl carbamates (subject to hydrolysis) is 1. The Kier molecular flexibility index (Phi) is 6.24. The molecule has 0 unspecified atom stereocenters. The third kappa shape index (κ3) is 5.42. The van der Waals surface area contributed by atoms with Gasteiger partial charge < -0.3 is 20.1 Å². The molecule has 0 spiro atoms. The largest absolute Gasteiger partial charge is 0.475 e. The lowest BCUT2D eigenvalue weighted by molar-refractivity contribution is 0.0963. The minimum absolute atomic E-state index is 0.109. The fraction of sp³-hybridized carbons (Fsp3) is 0.571. The van der Waals surface area contributed by atoms with Crippen LogP contribution in [0.1, 0.15) is 69.7 Å². The number of carbonyl (C=O) groups excluding carboxylic acids is 1. The van der Waals surface area contributed by atoms with Crippen LogP contribution in [0.2, 0.25) is 0 Å². The molecule has 6 bridgehead atoms. The van der Waals surface area contributed by atoms with E-state index >= 15 is 0 Å². The van der Waals surface area contributed by atoms with Crippen LogP contribution in [0.3, 0.4) is 0 Å². The van der Waals surface area contributed by atoms with E-state index in [1.54, 1.807) is 6.07 Å². The van der Waals surface area contributed by atoms with Crippen molar-refractivity contribution in [3.8, 4) is 5.88 Å². The van der Waals surface area contributed by atoms with Crippen LogP contribution in [-0.4, -0.2) is 39.5 Å². The van der Waals surface area contributed by atoms with Crippen molar-refractivity contribution in [3.05, 3.63) is 29.6 Å². The summed E-state index contributed by atoms with van der Waals surface area (Å²) in [6, 6.07) is 4.63. The van der Waals surface area contributed by atoms with Crippen molar-refractivity contribution >= 4 is 17.6 Å². The Morgan fingerprint density at radius 2 is 1.94 bits per heavy atom.